The fraction of sp³-hybridized carbons (Fsp3) is 0.857. The average Bonchev–Trinajstić information content (AvgIpc) is 2.36. The Hall–Kier alpha value is -1.30. The van der Waals surface area contributed by atoms with Gasteiger partial charge in [-0.25, -0.2) is 4.79 Å². The molecule has 6 nitrogen and oxygen atoms in total. The molecule has 1 fully saturated rings. The molecule has 0 radical (unpaired) electrons. The molecule has 6 heteroatoms. The number of piperazine rings is 1. The Labute approximate surface area is 121 Å². The first-order chi connectivity index (χ1) is 9.33. The van der Waals surface area contributed by atoms with Gasteiger partial charge in [0, 0.05) is 26.2 Å². The first kappa shape index (κ1) is 16.8. The molecule has 1 rings (SSSR count). The molecule has 2 amide bonds. The number of carbonyl (C=O) groups excluding carboxylic acids is 2. The van der Waals surface area contributed by atoms with E-state index in [2.05, 4.69) is 10.6 Å². The monoisotopic (exact) mass is 285 g/mol. The molecule has 0 aromatic rings. The van der Waals surface area contributed by atoms with Crippen molar-refractivity contribution in [1.29, 1.82) is 0 Å². The van der Waals surface area contributed by atoms with E-state index in [1.54, 1.807) is 25.7 Å². The first-order valence-corrected chi connectivity index (χ1v) is 7.32. The van der Waals surface area contributed by atoms with Crippen molar-refractivity contribution in [2.75, 3.05) is 26.2 Å². The lowest BCUT2D eigenvalue weighted by Gasteiger charge is -2.31. The largest absolute Gasteiger partial charge is 0.444 e. The molecule has 116 valence electrons. The van der Waals surface area contributed by atoms with Crippen LogP contribution in [0.2, 0.25) is 0 Å². The second-order valence-corrected chi connectivity index (χ2v) is 6.06. The van der Waals surface area contributed by atoms with E-state index >= 15 is 0 Å². The third kappa shape index (κ3) is 5.77. The van der Waals surface area contributed by atoms with Crippen LogP contribution >= 0.6 is 0 Å². The summed E-state index contributed by atoms with van der Waals surface area (Å²) in [6.07, 6.45) is 0.930. The van der Waals surface area contributed by atoms with E-state index in [0.29, 0.717) is 19.5 Å². The van der Waals surface area contributed by atoms with Gasteiger partial charge in [-0.1, -0.05) is 13.3 Å². The third-order valence-corrected chi connectivity index (χ3v) is 3.00. The number of rotatable bonds is 4. The van der Waals surface area contributed by atoms with Crippen molar-refractivity contribution in [3.05, 3.63) is 0 Å². The number of nitrogens with zero attached hydrogens (tertiary/aromatic N) is 1. The predicted molar refractivity (Wildman–Crippen MR) is 77.5 cm³/mol. The quantitative estimate of drug-likeness (QED) is 0.812. The summed E-state index contributed by atoms with van der Waals surface area (Å²) in [5.74, 6) is -0.0146. The highest BCUT2D eigenvalue weighted by molar-refractivity contribution is 5.85. The maximum absolute atomic E-state index is 12.4. The van der Waals surface area contributed by atoms with Gasteiger partial charge in [-0.15, -0.1) is 0 Å². The molecule has 20 heavy (non-hydrogen) atoms. The highest BCUT2D eigenvalue weighted by Crippen LogP contribution is 2.09. The minimum Gasteiger partial charge on any atom is -0.444 e. The second kappa shape index (κ2) is 7.47. The third-order valence-electron chi connectivity index (χ3n) is 3.00. The molecule has 0 aliphatic carbocycles. The smallest absolute Gasteiger partial charge is 0.408 e. The van der Waals surface area contributed by atoms with E-state index in [9.17, 15) is 9.59 Å². The van der Waals surface area contributed by atoms with Gasteiger partial charge in [-0.2, -0.15) is 0 Å². The fourth-order valence-electron chi connectivity index (χ4n) is 2.10. The molecule has 1 saturated heterocycles. The summed E-state index contributed by atoms with van der Waals surface area (Å²) in [5.41, 5.74) is -0.557. The Morgan fingerprint density at radius 3 is 2.40 bits per heavy atom. The highest BCUT2D eigenvalue weighted by Gasteiger charge is 2.27. The van der Waals surface area contributed by atoms with Crippen molar-refractivity contribution < 1.29 is 14.3 Å². The van der Waals surface area contributed by atoms with Crippen LogP contribution in [0.5, 0.6) is 0 Å². The lowest BCUT2D eigenvalue weighted by atomic mass is 10.1. The van der Waals surface area contributed by atoms with Gasteiger partial charge in [0.25, 0.3) is 0 Å². The van der Waals surface area contributed by atoms with Crippen LogP contribution in [0.25, 0.3) is 0 Å². The maximum Gasteiger partial charge on any atom is 0.408 e. The van der Waals surface area contributed by atoms with Gasteiger partial charge in [0.2, 0.25) is 5.91 Å². The molecular weight excluding hydrogens is 258 g/mol. The van der Waals surface area contributed by atoms with Crippen molar-refractivity contribution in [3.63, 3.8) is 0 Å². The lowest BCUT2D eigenvalue weighted by molar-refractivity contribution is -0.134. The summed E-state index contributed by atoms with van der Waals surface area (Å²) < 4.78 is 5.22. The molecule has 2 N–H and O–H groups in total. The predicted octanol–water partition coefficient (Wildman–Crippen LogP) is 1.11. The molecule has 0 bridgehead atoms. The van der Waals surface area contributed by atoms with Gasteiger partial charge in [-0.3, -0.25) is 4.79 Å². The van der Waals surface area contributed by atoms with Gasteiger partial charge in [0.05, 0.1) is 0 Å². The van der Waals surface area contributed by atoms with Crippen LogP contribution in [0, 0.1) is 0 Å². The van der Waals surface area contributed by atoms with E-state index in [4.69, 9.17) is 4.74 Å². The van der Waals surface area contributed by atoms with Crippen LogP contribution in [0.3, 0.4) is 0 Å². The minimum absolute atomic E-state index is 0.0146. The maximum atomic E-state index is 12.4. The first-order valence-electron chi connectivity index (χ1n) is 7.32. The number of amides is 2. The molecule has 1 atom stereocenters. The van der Waals surface area contributed by atoms with E-state index in [1.165, 1.54) is 0 Å². The Morgan fingerprint density at radius 1 is 1.30 bits per heavy atom. The van der Waals surface area contributed by atoms with Crippen LogP contribution in [-0.2, 0) is 9.53 Å². The Morgan fingerprint density at radius 2 is 1.90 bits per heavy atom. The lowest BCUT2D eigenvalue weighted by Crippen LogP contribution is -2.54. The summed E-state index contributed by atoms with van der Waals surface area (Å²) in [4.78, 5) is 26.0. The summed E-state index contributed by atoms with van der Waals surface area (Å²) >= 11 is 0. The zero-order chi connectivity index (χ0) is 15.2. The van der Waals surface area contributed by atoms with Crippen molar-refractivity contribution in [2.45, 2.75) is 52.2 Å². The van der Waals surface area contributed by atoms with Crippen LogP contribution in [-0.4, -0.2) is 54.7 Å². The van der Waals surface area contributed by atoms with E-state index in [1.807, 2.05) is 6.92 Å². The van der Waals surface area contributed by atoms with Gasteiger partial charge in [0.1, 0.15) is 11.6 Å². The van der Waals surface area contributed by atoms with Crippen LogP contribution < -0.4 is 10.6 Å². The number of nitrogens with one attached hydrogen (secondary N) is 2. The number of alkyl carbamates (subject to hydrolysis) is 1. The molecule has 0 unspecified atom stereocenters. The standard InChI is InChI=1S/C14H27N3O3/c1-5-6-11(16-13(19)20-14(2,3)4)12(18)17-9-7-15-8-10-17/h11,15H,5-10H2,1-4H3,(H,16,19)/t11-/m1/s1. The zero-order valence-corrected chi connectivity index (χ0v) is 13.0. The summed E-state index contributed by atoms with van der Waals surface area (Å²) in [6.45, 7) is 10.4. The highest BCUT2D eigenvalue weighted by atomic mass is 16.6. The van der Waals surface area contributed by atoms with Gasteiger partial charge >= 0.3 is 6.09 Å². The Balaban J connectivity index is 2.58. The molecule has 0 aromatic heterocycles. The number of carbonyl (C=O) groups is 2. The van der Waals surface area contributed by atoms with Crippen molar-refractivity contribution in [2.24, 2.45) is 0 Å². The summed E-state index contributed by atoms with van der Waals surface area (Å²) in [7, 11) is 0. The second-order valence-electron chi connectivity index (χ2n) is 6.06. The molecule has 0 saturated carbocycles. The van der Waals surface area contributed by atoms with E-state index < -0.39 is 17.7 Å². The SMILES string of the molecule is CCC[C@@H](NC(=O)OC(C)(C)C)C(=O)N1CCNCC1. The summed E-state index contributed by atoms with van der Waals surface area (Å²) in [5, 5.41) is 5.91. The van der Waals surface area contributed by atoms with Gasteiger partial charge in [-0.05, 0) is 27.2 Å². The van der Waals surface area contributed by atoms with Crippen LogP contribution in [0.1, 0.15) is 40.5 Å². The van der Waals surface area contributed by atoms with Crippen molar-refractivity contribution in [1.82, 2.24) is 15.5 Å². The Kier molecular flexibility index (Phi) is 6.26. The van der Waals surface area contributed by atoms with E-state index in [-0.39, 0.29) is 5.91 Å². The zero-order valence-electron chi connectivity index (χ0n) is 13.0. The molecule has 0 spiro atoms. The number of hydrogen-bond donors (Lipinski definition) is 2. The van der Waals surface area contributed by atoms with Gasteiger partial charge < -0.3 is 20.3 Å². The van der Waals surface area contributed by atoms with Crippen LogP contribution in [0.4, 0.5) is 4.79 Å². The normalized spacial score (nSPS) is 17.5. The van der Waals surface area contributed by atoms with Gasteiger partial charge in [0.15, 0.2) is 0 Å². The Bertz CT molecular complexity index is 333. The molecule has 1 heterocycles. The molecule has 0 aromatic carbocycles. The fourth-order valence-corrected chi connectivity index (χ4v) is 2.10. The number of hydrogen-bond acceptors (Lipinski definition) is 4. The minimum atomic E-state index is -0.557. The van der Waals surface area contributed by atoms with Crippen LogP contribution in [0.15, 0.2) is 0 Å². The van der Waals surface area contributed by atoms with Crippen molar-refractivity contribution >= 4 is 12.0 Å². The van der Waals surface area contributed by atoms with E-state index in [0.717, 1.165) is 19.5 Å². The molecular formula is C14H27N3O3. The average molecular weight is 285 g/mol. The topological polar surface area (TPSA) is 70.7 Å². The molecule has 1 aliphatic rings. The summed E-state index contributed by atoms with van der Waals surface area (Å²) in [6, 6.07) is -0.493. The number of ether oxygens (including phenoxy) is 1. The van der Waals surface area contributed by atoms with Crippen molar-refractivity contribution in [3.8, 4) is 0 Å². The molecule has 1 aliphatic heterocycles.